The lowest BCUT2D eigenvalue weighted by Crippen LogP contribution is -2.17. The third kappa shape index (κ3) is 15.2. The molecule has 0 N–H and O–H groups in total. The van der Waals surface area contributed by atoms with Crippen LogP contribution in [0.3, 0.4) is 0 Å². The van der Waals surface area contributed by atoms with Gasteiger partial charge in [-0.05, 0) is 37.0 Å². The van der Waals surface area contributed by atoms with Crippen molar-refractivity contribution >= 4 is 11.9 Å². The molecule has 31 heavy (non-hydrogen) atoms. The molecule has 5 nitrogen and oxygen atoms in total. The number of hydrogen-bond donors (Lipinski definition) is 0. The van der Waals surface area contributed by atoms with Crippen LogP contribution in [-0.2, 0) is 25.7 Å². The first-order valence-electron chi connectivity index (χ1n) is 11.0. The highest BCUT2D eigenvalue weighted by Gasteiger charge is 2.30. The predicted octanol–water partition coefficient (Wildman–Crippen LogP) is 6.48. The standard InChI is InChI=1S/C23H33F3O5/c1-2-3-10-17-29-21(27)11-8-6-4-5-7-9-12-22(28)30-18-19-13-15-20(16-14-19)31-23(24,25)26/h13-16H,2-12,17-18H2,1H3. The average molecular weight is 447 g/mol. The Hall–Kier alpha value is -2.25. The lowest BCUT2D eigenvalue weighted by Gasteiger charge is -2.09. The number of benzene rings is 1. The van der Waals surface area contributed by atoms with E-state index in [-0.39, 0.29) is 24.3 Å². The van der Waals surface area contributed by atoms with Gasteiger partial charge in [0.25, 0.3) is 0 Å². The molecule has 1 aromatic rings. The second-order valence-electron chi connectivity index (χ2n) is 7.40. The van der Waals surface area contributed by atoms with E-state index in [1.54, 1.807) is 0 Å². The van der Waals surface area contributed by atoms with Crippen molar-refractivity contribution in [1.82, 2.24) is 0 Å². The van der Waals surface area contributed by atoms with Crippen LogP contribution in [-0.4, -0.2) is 24.9 Å². The number of alkyl halides is 3. The number of esters is 2. The van der Waals surface area contributed by atoms with Crippen molar-refractivity contribution in [3.63, 3.8) is 0 Å². The van der Waals surface area contributed by atoms with Gasteiger partial charge in [0, 0.05) is 12.8 Å². The topological polar surface area (TPSA) is 61.8 Å². The Morgan fingerprint density at radius 3 is 1.87 bits per heavy atom. The summed E-state index contributed by atoms with van der Waals surface area (Å²) < 4.78 is 50.4. The van der Waals surface area contributed by atoms with Crippen LogP contribution >= 0.6 is 0 Å². The van der Waals surface area contributed by atoms with Gasteiger partial charge in [-0.3, -0.25) is 9.59 Å². The molecular formula is C23H33F3O5. The molecule has 0 aliphatic rings. The number of carbonyl (C=O) groups excluding carboxylic acids is 2. The second-order valence-corrected chi connectivity index (χ2v) is 7.40. The summed E-state index contributed by atoms with van der Waals surface area (Å²) in [5, 5.41) is 0. The van der Waals surface area contributed by atoms with E-state index in [0.29, 0.717) is 25.0 Å². The Kier molecular flexibility index (Phi) is 13.4. The van der Waals surface area contributed by atoms with Crippen LogP contribution in [0.15, 0.2) is 24.3 Å². The van der Waals surface area contributed by atoms with Gasteiger partial charge in [-0.15, -0.1) is 13.2 Å². The highest BCUT2D eigenvalue weighted by atomic mass is 19.4. The molecule has 0 unspecified atom stereocenters. The largest absolute Gasteiger partial charge is 0.573 e. The smallest absolute Gasteiger partial charge is 0.466 e. The van der Waals surface area contributed by atoms with Crippen LogP contribution in [0.2, 0.25) is 0 Å². The molecule has 8 heteroatoms. The Morgan fingerprint density at radius 2 is 1.32 bits per heavy atom. The Bertz CT molecular complexity index is 629. The van der Waals surface area contributed by atoms with Crippen molar-refractivity contribution in [2.24, 2.45) is 0 Å². The summed E-state index contributed by atoms with van der Waals surface area (Å²) in [6, 6.07) is 5.22. The molecule has 0 fully saturated rings. The van der Waals surface area contributed by atoms with Crippen molar-refractivity contribution in [1.29, 1.82) is 0 Å². The van der Waals surface area contributed by atoms with Crippen molar-refractivity contribution in [2.45, 2.75) is 90.5 Å². The quantitative estimate of drug-likeness (QED) is 0.215. The van der Waals surface area contributed by atoms with Gasteiger partial charge in [-0.1, -0.05) is 57.6 Å². The first-order valence-corrected chi connectivity index (χ1v) is 11.0. The normalized spacial score (nSPS) is 11.2. The molecule has 0 aliphatic carbocycles. The molecule has 0 atom stereocenters. The van der Waals surface area contributed by atoms with Crippen LogP contribution in [0.25, 0.3) is 0 Å². The monoisotopic (exact) mass is 446 g/mol. The zero-order valence-corrected chi connectivity index (χ0v) is 18.2. The maximum Gasteiger partial charge on any atom is 0.573 e. The summed E-state index contributed by atoms with van der Waals surface area (Å²) in [4.78, 5) is 23.3. The van der Waals surface area contributed by atoms with E-state index >= 15 is 0 Å². The van der Waals surface area contributed by atoms with Crippen molar-refractivity contribution in [3.8, 4) is 5.75 Å². The molecule has 1 aromatic carbocycles. The summed E-state index contributed by atoms with van der Waals surface area (Å²) >= 11 is 0. The number of halogens is 3. The molecule has 0 amide bonds. The highest BCUT2D eigenvalue weighted by Crippen LogP contribution is 2.23. The molecule has 0 spiro atoms. The van der Waals surface area contributed by atoms with E-state index in [4.69, 9.17) is 9.47 Å². The number of ether oxygens (including phenoxy) is 3. The zero-order valence-electron chi connectivity index (χ0n) is 18.2. The maximum atomic E-state index is 12.1. The fourth-order valence-electron chi connectivity index (χ4n) is 2.88. The molecule has 0 saturated heterocycles. The summed E-state index contributed by atoms with van der Waals surface area (Å²) in [6.45, 7) is 2.63. The van der Waals surface area contributed by atoms with Gasteiger partial charge in [-0.2, -0.15) is 0 Å². The summed E-state index contributed by atoms with van der Waals surface area (Å²) in [7, 11) is 0. The van der Waals surface area contributed by atoms with Crippen molar-refractivity contribution < 1.29 is 37.0 Å². The van der Waals surface area contributed by atoms with Gasteiger partial charge >= 0.3 is 18.3 Å². The van der Waals surface area contributed by atoms with Crippen molar-refractivity contribution in [3.05, 3.63) is 29.8 Å². The summed E-state index contributed by atoms with van der Waals surface area (Å²) in [5.41, 5.74) is 0.590. The molecular weight excluding hydrogens is 413 g/mol. The highest BCUT2D eigenvalue weighted by molar-refractivity contribution is 5.69. The number of hydrogen-bond acceptors (Lipinski definition) is 5. The van der Waals surface area contributed by atoms with Crippen LogP contribution in [0.1, 0.15) is 83.1 Å². The van der Waals surface area contributed by atoms with Crippen LogP contribution in [0.5, 0.6) is 5.75 Å². The average Bonchev–Trinajstić information content (AvgIpc) is 2.71. The minimum atomic E-state index is -4.73. The first kappa shape index (κ1) is 26.8. The fraction of sp³-hybridized carbons (Fsp3) is 0.652. The number of rotatable bonds is 16. The molecule has 0 bridgehead atoms. The minimum absolute atomic E-state index is 0.0136. The van der Waals surface area contributed by atoms with E-state index in [0.717, 1.165) is 57.8 Å². The van der Waals surface area contributed by atoms with E-state index in [2.05, 4.69) is 11.7 Å². The van der Waals surface area contributed by atoms with Gasteiger partial charge in [0.2, 0.25) is 0 Å². The van der Waals surface area contributed by atoms with Crippen LogP contribution in [0, 0.1) is 0 Å². The number of carbonyl (C=O) groups is 2. The van der Waals surface area contributed by atoms with E-state index in [9.17, 15) is 22.8 Å². The lowest BCUT2D eigenvalue weighted by molar-refractivity contribution is -0.274. The Morgan fingerprint density at radius 1 is 0.774 bits per heavy atom. The summed E-state index contributed by atoms with van der Waals surface area (Å²) in [5.74, 6) is -0.769. The molecule has 1 rings (SSSR count). The maximum absolute atomic E-state index is 12.1. The summed E-state index contributed by atoms with van der Waals surface area (Å²) in [6.07, 6.45) is 4.54. The molecule has 0 saturated carbocycles. The van der Waals surface area contributed by atoms with Crippen molar-refractivity contribution in [2.75, 3.05) is 6.61 Å². The predicted molar refractivity (Wildman–Crippen MR) is 110 cm³/mol. The van der Waals surface area contributed by atoms with Crippen LogP contribution in [0.4, 0.5) is 13.2 Å². The SMILES string of the molecule is CCCCCOC(=O)CCCCCCCCC(=O)OCc1ccc(OC(F)(F)F)cc1. The van der Waals surface area contributed by atoms with E-state index in [1.165, 1.54) is 24.3 Å². The molecule has 0 aliphatic heterocycles. The van der Waals surface area contributed by atoms with E-state index in [1.807, 2.05) is 0 Å². The van der Waals surface area contributed by atoms with E-state index < -0.39 is 6.36 Å². The Labute approximate surface area is 182 Å². The van der Waals surface area contributed by atoms with Gasteiger partial charge in [0.05, 0.1) is 6.61 Å². The first-order chi connectivity index (χ1) is 14.8. The third-order valence-electron chi connectivity index (χ3n) is 4.58. The fourth-order valence-corrected chi connectivity index (χ4v) is 2.88. The lowest BCUT2D eigenvalue weighted by atomic mass is 10.1. The number of unbranched alkanes of at least 4 members (excludes halogenated alkanes) is 7. The van der Waals surface area contributed by atoms with Gasteiger partial charge in [0.1, 0.15) is 12.4 Å². The molecule has 176 valence electrons. The zero-order chi connectivity index (χ0) is 23.0. The second kappa shape index (κ2) is 15.5. The van der Waals surface area contributed by atoms with Gasteiger partial charge in [0.15, 0.2) is 0 Å². The minimum Gasteiger partial charge on any atom is -0.466 e. The third-order valence-corrected chi connectivity index (χ3v) is 4.58. The van der Waals surface area contributed by atoms with Crippen LogP contribution < -0.4 is 4.74 Å². The Balaban J connectivity index is 2.00. The van der Waals surface area contributed by atoms with Gasteiger partial charge < -0.3 is 14.2 Å². The molecule has 0 radical (unpaired) electrons. The van der Waals surface area contributed by atoms with Gasteiger partial charge in [-0.25, -0.2) is 0 Å². The molecule has 0 aromatic heterocycles. The molecule has 0 heterocycles.